The van der Waals surface area contributed by atoms with E-state index in [0.717, 1.165) is 23.8 Å². The van der Waals surface area contributed by atoms with Crippen LogP contribution in [-0.2, 0) is 23.8 Å². The number of carbonyl (C=O) groups is 2. The highest BCUT2D eigenvalue weighted by Gasteiger charge is 2.47. The number of nitrogens with one attached hydrogen (secondary N) is 1. The van der Waals surface area contributed by atoms with Crippen LogP contribution < -0.4 is 11.2 Å². The highest BCUT2D eigenvalue weighted by atomic mass is 16.6. The number of ether oxygens (including phenoxy) is 3. The predicted octanol–water partition coefficient (Wildman–Crippen LogP) is -1.71. The molecule has 1 aromatic heterocycles. The summed E-state index contributed by atoms with van der Waals surface area (Å²) in [6.07, 6.45) is -3.53. The number of aliphatic hydroxyl groups excluding tert-OH is 1. The Bertz CT molecular complexity index is 708. The third kappa shape index (κ3) is 3.85. The van der Waals surface area contributed by atoms with Gasteiger partial charge in [-0.25, -0.2) is 4.79 Å². The number of aromatic nitrogens is 2. The van der Waals surface area contributed by atoms with E-state index >= 15 is 0 Å². The summed E-state index contributed by atoms with van der Waals surface area (Å²) in [7, 11) is 0. The lowest BCUT2D eigenvalue weighted by Gasteiger charge is -2.19. The molecule has 0 radical (unpaired) electrons. The second kappa shape index (κ2) is 6.75. The minimum absolute atomic E-state index is 0.265. The molecule has 0 aromatic carbocycles. The van der Waals surface area contributed by atoms with E-state index in [1.54, 1.807) is 0 Å². The van der Waals surface area contributed by atoms with Gasteiger partial charge in [0.15, 0.2) is 12.3 Å². The molecule has 1 aromatic rings. The average molecular weight is 328 g/mol. The first-order chi connectivity index (χ1) is 10.8. The van der Waals surface area contributed by atoms with E-state index in [-0.39, 0.29) is 6.61 Å². The summed E-state index contributed by atoms with van der Waals surface area (Å²) < 4.78 is 16.2. The molecule has 0 amide bonds. The molecule has 0 spiro atoms. The van der Waals surface area contributed by atoms with Gasteiger partial charge in [0.05, 0.1) is 0 Å². The molecule has 1 aliphatic heterocycles. The summed E-state index contributed by atoms with van der Waals surface area (Å²) in [5.74, 6) is -1.24. The van der Waals surface area contributed by atoms with E-state index in [1.165, 1.54) is 6.92 Å². The third-order valence-corrected chi connectivity index (χ3v) is 3.19. The van der Waals surface area contributed by atoms with Crippen LogP contribution in [0.1, 0.15) is 20.1 Å². The van der Waals surface area contributed by atoms with E-state index in [0.29, 0.717) is 0 Å². The Balaban J connectivity index is 2.27. The number of carbonyl (C=O) groups excluding carboxylic acids is 2. The zero-order chi connectivity index (χ0) is 17.1. The molecule has 2 heterocycles. The highest BCUT2D eigenvalue weighted by molar-refractivity contribution is 5.66. The number of hydrogen-bond acceptors (Lipinski definition) is 8. The van der Waals surface area contributed by atoms with Gasteiger partial charge in [0.25, 0.3) is 5.56 Å². The lowest BCUT2D eigenvalue weighted by atomic mass is 10.1. The number of H-pyrrole nitrogens is 1. The Hall–Kier alpha value is -2.46. The highest BCUT2D eigenvalue weighted by Crippen LogP contribution is 2.30. The topological polar surface area (TPSA) is 137 Å². The quantitative estimate of drug-likeness (QED) is 0.623. The fourth-order valence-electron chi connectivity index (χ4n) is 2.25. The number of nitrogens with zero attached hydrogens (tertiary/aromatic N) is 1. The van der Waals surface area contributed by atoms with Crippen molar-refractivity contribution in [3.8, 4) is 0 Å². The second-order valence-electron chi connectivity index (χ2n) is 4.95. The van der Waals surface area contributed by atoms with Crippen molar-refractivity contribution >= 4 is 11.9 Å². The van der Waals surface area contributed by atoms with Gasteiger partial charge in [-0.15, -0.1) is 0 Å². The summed E-state index contributed by atoms with van der Waals surface area (Å²) >= 11 is 0. The molecule has 10 heteroatoms. The van der Waals surface area contributed by atoms with Crippen LogP contribution in [0, 0.1) is 0 Å². The minimum atomic E-state index is -1.39. The maximum Gasteiger partial charge on any atom is 0.330 e. The van der Waals surface area contributed by atoms with Crippen molar-refractivity contribution in [3.63, 3.8) is 0 Å². The smallest absolute Gasteiger partial charge is 0.330 e. The van der Waals surface area contributed by atoms with Crippen molar-refractivity contribution in [3.05, 3.63) is 33.1 Å². The van der Waals surface area contributed by atoms with Gasteiger partial charge >= 0.3 is 17.6 Å². The summed E-state index contributed by atoms with van der Waals surface area (Å²) in [4.78, 5) is 47.0. The van der Waals surface area contributed by atoms with Crippen molar-refractivity contribution in [2.45, 2.75) is 38.4 Å². The summed E-state index contributed by atoms with van der Waals surface area (Å²) in [6.45, 7) is 2.07. The van der Waals surface area contributed by atoms with E-state index in [9.17, 15) is 24.3 Å². The number of aliphatic hydroxyl groups is 1. The van der Waals surface area contributed by atoms with E-state index < -0.39 is 47.7 Å². The maximum absolute atomic E-state index is 11.8. The average Bonchev–Trinajstić information content (AvgIpc) is 2.73. The van der Waals surface area contributed by atoms with Crippen molar-refractivity contribution in [1.29, 1.82) is 0 Å². The summed E-state index contributed by atoms with van der Waals surface area (Å²) in [5, 5.41) is 10.3. The van der Waals surface area contributed by atoms with Gasteiger partial charge < -0.3 is 19.3 Å². The Morgan fingerprint density at radius 3 is 2.61 bits per heavy atom. The van der Waals surface area contributed by atoms with E-state index in [1.807, 2.05) is 4.98 Å². The molecule has 1 saturated heterocycles. The SMILES string of the molecule is CC(=O)OC[C@H]1O[C@@H](n2ccc(=O)[nH]c2=O)[C@H](O)[C@@H]1OC(C)=O. The van der Waals surface area contributed by atoms with Crippen molar-refractivity contribution < 1.29 is 28.9 Å². The molecule has 1 fully saturated rings. The number of esters is 2. The van der Waals surface area contributed by atoms with Crippen LogP contribution in [-0.4, -0.2) is 51.5 Å². The Kier molecular flexibility index (Phi) is 4.96. The second-order valence-corrected chi connectivity index (χ2v) is 4.95. The first-order valence-corrected chi connectivity index (χ1v) is 6.75. The predicted molar refractivity (Wildman–Crippen MR) is 73.4 cm³/mol. The molecule has 0 bridgehead atoms. The Labute approximate surface area is 129 Å². The molecule has 23 heavy (non-hydrogen) atoms. The van der Waals surface area contributed by atoms with Crippen LogP contribution in [0.15, 0.2) is 21.9 Å². The number of aromatic amines is 1. The largest absolute Gasteiger partial charge is 0.463 e. The van der Waals surface area contributed by atoms with Crippen LogP contribution in [0.5, 0.6) is 0 Å². The lowest BCUT2D eigenvalue weighted by molar-refractivity contribution is -0.157. The molecular formula is C13H16N2O8. The Morgan fingerprint density at radius 2 is 2.04 bits per heavy atom. The molecule has 0 unspecified atom stereocenters. The zero-order valence-corrected chi connectivity index (χ0v) is 12.4. The van der Waals surface area contributed by atoms with E-state index in [2.05, 4.69) is 0 Å². The molecule has 2 rings (SSSR count). The van der Waals surface area contributed by atoms with Gasteiger partial charge in [0, 0.05) is 26.1 Å². The first kappa shape index (κ1) is 16.9. The number of rotatable bonds is 4. The summed E-state index contributed by atoms with van der Waals surface area (Å²) in [6, 6.07) is 1.08. The first-order valence-electron chi connectivity index (χ1n) is 6.75. The van der Waals surface area contributed by atoms with Gasteiger partial charge in [-0.2, -0.15) is 0 Å². The summed E-state index contributed by atoms with van der Waals surface area (Å²) in [5.41, 5.74) is -1.40. The molecule has 4 atom stereocenters. The van der Waals surface area contributed by atoms with E-state index in [4.69, 9.17) is 14.2 Å². The molecule has 2 N–H and O–H groups in total. The molecular weight excluding hydrogens is 312 g/mol. The molecule has 126 valence electrons. The zero-order valence-electron chi connectivity index (χ0n) is 12.4. The number of hydrogen-bond donors (Lipinski definition) is 2. The lowest BCUT2D eigenvalue weighted by Crippen LogP contribution is -2.40. The van der Waals surface area contributed by atoms with Gasteiger partial charge in [0.2, 0.25) is 0 Å². The van der Waals surface area contributed by atoms with Crippen LogP contribution in [0.25, 0.3) is 0 Å². The van der Waals surface area contributed by atoms with Gasteiger partial charge in [-0.05, 0) is 0 Å². The molecule has 10 nitrogen and oxygen atoms in total. The monoisotopic (exact) mass is 328 g/mol. The molecule has 0 saturated carbocycles. The van der Waals surface area contributed by atoms with Gasteiger partial charge in [-0.3, -0.25) is 23.9 Å². The fraction of sp³-hybridized carbons (Fsp3) is 0.538. The van der Waals surface area contributed by atoms with Crippen LogP contribution in [0.2, 0.25) is 0 Å². The minimum Gasteiger partial charge on any atom is -0.463 e. The maximum atomic E-state index is 11.8. The fourth-order valence-corrected chi connectivity index (χ4v) is 2.25. The van der Waals surface area contributed by atoms with Crippen molar-refractivity contribution in [2.24, 2.45) is 0 Å². The van der Waals surface area contributed by atoms with Gasteiger partial charge in [-0.1, -0.05) is 0 Å². The normalized spacial score (nSPS) is 26.7. The third-order valence-electron chi connectivity index (χ3n) is 3.19. The van der Waals surface area contributed by atoms with Gasteiger partial charge in [0.1, 0.15) is 18.8 Å². The molecule has 0 aliphatic carbocycles. The molecule has 1 aliphatic rings. The van der Waals surface area contributed by atoms with Crippen molar-refractivity contribution in [1.82, 2.24) is 9.55 Å². The standard InChI is InChI=1S/C13H16N2O8/c1-6(16)21-5-8-11(22-7(2)17)10(19)12(23-8)15-4-3-9(18)14-13(15)20/h3-4,8,10-12,19H,5H2,1-2H3,(H,14,18,20)/t8-,10-,11-,12-/m1/s1. The van der Waals surface area contributed by atoms with Crippen molar-refractivity contribution in [2.75, 3.05) is 6.61 Å². The van der Waals surface area contributed by atoms with Crippen LogP contribution in [0.4, 0.5) is 0 Å². The van der Waals surface area contributed by atoms with Crippen LogP contribution in [0.3, 0.4) is 0 Å². The Morgan fingerprint density at radius 1 is 1.35 bits per heavy atom. The van der Waals surface area contributed by atoms with Crippen LogP contribution >= 0.6 is 0 Å².